The van der Waals surface area contributed by atoms with Gasteiger partial charge in [0.25, 0.3) is 5.91 Å². The molecule has 0 spiro atoms. The molecule has 0 aliphatic carbocycles. The third kappa shape index (κ3) is 5.80. The number of hydrogen-bond acceptors (Lipinski definition) is 4. The number of amides is 1. The number of aliphatic imine (C=N–C) groups is 1. The van der Waals surface area contributed by atoms with Crippen LogP contribution in [-0.2, 0) is 6.54 Å². The number of aromatic nitrogens is 1. The van der Waals surface area contributed by atoms with E-state index in [2.05, 4.69) is 25.9 Å². The minimum atomic E-state index is -0.225. The number of carbonyl (C=O) groups excluding carboxylic acids is 1. The molecule has 6 nitrogen and oxygen atoms in total. The quantitative estimate of drug-likeness (QED) is 0.393. The minimum absolute atomic E-state index is 0.121. The van der Waals surface area contributed by atoms with Crippen LogP contribution in [0.4, 0.5) is 4.39 Å². The van der Waals surface area contributed by atoms with E-state index in [9.17, 15) is 9.18 Å². The summed E-state index contributed by atoms with van der Waals surface area (Å²) < 4.78 is 13.6. The van der Waals surface area contributed by atoms with E-state index in [1.165, 1.54) is 17.4 Å². The van der Waals surface area contributed by atoms with Crippen LogP contribution in [0.5, 0.6) is 0 Å². The third-order valence-corrected chi connectivity index (χ3v) is 4.58. The van der Waals surface area contributed by atoms with Gasteiger partial charge < -0.3 is 16.0 Å². The Morgan fingerprint density at radius 2 is 2.00 bits per heavy atom. The number of nitrogens with zero attached hydrogens (tertiary/aromatic N) is 2. The van der Waals surface area contributed by atoms with Crippen LogP contribution >= 0.6 is 11.3 Å². The summed E-state index contributed by atoms with van der Waals surface area (Å²) in [6.07, 6.45) is 0. The maximum absolute atomic E-state index is 13.6. The van der Waals surface area contributed by atoms with Gasteiger partial charge in [-0.1, -0.05) is 12.1 Å². The Morgan fingerprint density at radius 1 is 1.23 bits per heavy atom. The molecule has 1 aromatic carbocycles. The molecule has 0 bridgehead atoms. The fraction of sp³-hybridized carbons (Fsp3) is 0.389. The van der Waals surface area contributed by atoms with Crippen LogP contribution in [0.2, 0.25) is 0 Å². The number of halogens is 1. The van der Waals surface area contributed by atoms with Crippen LogP contribution in [0.25, 0.3) is 0 Å². The summed E-state index contributed by atoms with van der Waals surface area (Å²) in [5.74, 6) is 0.275. The Balaban J connectivity index is 1.82. The highest BCUT2D eigenvalue weighted by molar-refractivity contribution is 7.11. The Labute approximate surface area is 157 Å². The van der Waals surface area contributed by atoms with Gasteiger partial charge in [-0.05, 0) is 38.0 Å². The van der Waals surface area contributed by atoms with Crippen molar-refractivity contribution in [2.24, 2.45) is 4.99 Å². The molecule has 0 unspecified atom stereocenters. The highest BCUT2D eigenvalue weighted by atomic mass is 32.1. The zero-order valence-corrected chi connectivity index (χ0v) is 16.0. The molecule has 0 aliphatic rings. The molecule has 2 rings (SSSR count). The van der Waals surface area contributed by atoms with Gasteiger partial charge >= 0.3 is 0 Å². The number of aryl methyl sites for hydroxylation is 2. The van der Waals surface area contributed by atoms with Gasteiger partial charge in [0.2, 0.25) is 0 Å². The van der Waals surface area contributed by atoms with Crippen molar-refractivity contribution in [2.75, 3.05) is 19.6 Å². The standard InChI is InChI=1S/C18H24FN5OS/c1-4-20-18(23-10-14-6-5-12(2)15(19)9-14)22-8-7-21-17(25)16-13(3)24-11-26-16/h5-6,9,11H,4,7-8,10H2,1-3H3,(H,21,25)(H2,20,22,23). The maximum atomic E-state index is 13.6. The maximum Gasteiger partial charge on any atom is 0.263 e. The van der Waals surface area contributed by atoms with Gasteiger partial charge in [-0.3, -0.25) is 4.79 Å². The van der Waals surface area contributed by atoms with E-state index in [1.54, 1.807) is 18.5 Å². The summed E-state index contributed by atoms with van der Waals surface area (Å²) in [6.45, 7) is 7.58. The predicted molar refractivity (Wildman–Crippen MR) is 103 cm³/mol. The zero-order valence-electron chi connectivity index (χ0n) is 15.2. The largest absolute Gasteiger partial charge is 0.357 e. The first kappa shape index (κ1) is 19.8. The fourth-order valence-corrected chi connectivity index (χ4v) is 2.92. The Bertz CT molecular complexity index is 775. The van der Waals surface area contributed by atoms with Gasteiger partial charge in [0, 0.05) is 19.6 Å². The van der Waals surface area contributed by atoms with E-state index >= 15 is 0 Å². The molecule has 2 aromatic rings. The van der Waals surface area contributed by atoms with Gasteiger partial charge in [0.1, 0.15) is 10.7 Å². The molecule has 0 aliphatic heterocycles. The normalized spacial score (nSPS) is 11.3. The van der Waals surface area contributed by atoms with E-state index in [4.69, 9.17) is 0 Å². The minimum Gasteiger partial charge on any atom is -0.357 e. The van der Waals surface area contributed by atoms with E-state index in [1.807, 2.05) is 19.9 Å². The Morgan fingerprint density at radius 3 is 2.65 bits per heavy atom. The lowest BCUT2D eigenvalue weighted by Gasteiger charge is -2.12. The molecule has 0 atom stereocenters. The number of benzene rings is 1. The van der Waals surface area contributed by atoms with Crippen molar-refractivity contribution in [1.82, 2.24) is 20.9 Å². The second-order valence-electron chi connectivity index (χ2n) is 5.73. The van der Waals surface area contributed by atoms with Crippen LogP contribution in [0, 0.1) is 19.7 Å². The number of hydrogen-bond donors (Lipinski definition) is 3. The van der Waals surface area contributed by atoms with Crippen molar-refractivity contribution in [1.29, 1.82) is 0 Å². The smallest absolute Gasteiger partial charge is 0.263 e. The molecule has 1 aromatic heterocycles. The summed E-state index contributed by atoms with van der Waals surface area (Å²) >= 11 is 1.33. The average Bonchev–Trinajstić information content (AvgIpc) is 3.05. The topological polar surface area (TPSA) is 78.4 Å². The third-order valence-electron chi connectivity index (χ3n) is 3.65. The Hall–Kier alpha value is -2.48. The first-order valence-corrected chi connectivity index (χ1v) is 9.34. The molecule has 1 heterocycles. The predicted octanol–water partition coefficient (Wildman–Crippen LogP) is 2.38. The van der Waals surface area contributed by atoms with Gasteiger partial charge in [0.05, 0.1) is 17.7 Å². The summed E-state index contributed by atoms with van der Waals surface area (Å²) in [7, 11) is 0. The molecule has 26 heavy (non-hydrogen) atoms. The SMILES string of the molecule is CCNC(=NCc1ccc(C)c(F)c1)NCCNC(=O)c1scnc1C. The molecule has 140 valence electrons. The van der Waals surface area contributed by atoms with Crippen molar-refractivity contribution in [3.05, 3.63) is 51.2 Å². The average molecular weight is 377 g/mol. The van der Waals surface area contributed by atoms with E-state index in [-0.39, 0.29) is 11.7 Å². The van der Waals surface area contributed by atoms with Crippen LogP contribution in [-0.4, -0.2) is 36.5 Å². The monoisotopic (exact) mass is 377 g/mol. The number of thiazole rings is 1. The highest BCUT2D eigenvalue weighted by Crippen LogP contribution is 2.11. The van der Waals surface area contributed by atoms with E-state index < -0.39 is 0 Å². The zero-order chi connectivity index (χ0) is 18.9. The molecule has 0 saturated heterocycles. The van der Waals surface area contributed by atoms with E-state index in [0.29, 0.717) is 42.6 Å². The molecule has 1 amide bonds. The van der Waals surface area contributed by atoms with Crippen molar-refractivity contribution >= 4 is 23.2 Å². The van der Waals surface area contributed by atoms with Crippen LogP contribution in [0.3, 0.4) is 0 Å². The number of carbonyl (C=O) groups is 1. The second kappa shape index (κ2) is 9.86. The fourth-order valence-electron chi connectivity index (χ4n) is 2.20. The van der Waals surface area contributed by atoms with Crippen molar-refractivity contribution in [2.45, 2.75) is 27.3 Å². The first-order chi connectivity index (χ1) is 12.5. The molecule has 8 heteroatoms. The molecule has 0 saturated carbocycles. The van der Waals surface area contributed by atoms with Gasteiger partial charge in [0.15, 0.2) is 5.96 Å². The van der Waals surface area contributed by atoms with Crippen LogP contribution in [0.1, 0.15) is 33.4 Å². The lowest BCUT2D eigenvalue weighted by Crippen LogP contribution is -2.41. The summed E-state index contributed by atoms with van der Waals surface area (Å²) in [5.41, 5.74) is 3.82. The molecular formula is C18H24FN5OS. The van der Waals surface area contributed by atoms with Crippen LogP contribution < -0.4 is 16.0 Å². The molecular weight excluding hydrogens is 353 g/mol. The number of nitrogens with one attached hydrogen (secondary N) is 3. The summed E-state index contributed by atoms with van der Waals surface area (Å²) in [5, 5.41) is 9.13. The highest BCUT2D eigenvalue weighted by Gasteiger charge is 2.10. The van der Waals surface area contributed by atoms with Crippen LogP contribution in [0.15, 0.2) is 28.7 Å². The summed E-state index contributed by atoms with van der Waals surface area (Å²) in [6, 6.07) is 5.11. The van der Waals surface area contributed by atoms with Crippen molar-refractivity contribution < 1.29 is 9.18 Å². The van der Waals surface area contributed by atoms with Gasteiger partial charge in [-0.25, -0.2) is 14.4 Å². The van der Waals surface area contributed by atoms with Gasteiger partial charge in [-0.2, -0.15) is 0 Å². The lowest BCUT2D eigenvalue weighted by molar-refractivity contribution is 0.0957. The first-order valence-electron chi connectivity index (χ1n) is 8.46. The molecule has 3 N–H and O–H groups in total. The summed E-state index contributed by atoms with van der Waals surface area (Å²) in [4.78, 5) is 21.2. The number of rotatable bonds is 7. The second-order valence-corrected chi connectivity index (χ2v) is 6.58. The molecule has 0 radical (unpaired) electrons. The number of guanidine groups is 1. The van der Waals surface area contributed by atoms with E-state index in [0.717, 1.165) is 11.3 Å². The van der Waals surface area contributed by atoms with Crippen molar-refractivity contribution in [3.63, 3.8) is 0 Å². The van der Waals surface area contributed by atoms with Gasteiger partial charge in [-0.15, -0.1) is 11.3 Å². The lowest BCUT2D eigenvalue weighted by atomic mass is 10.1. The van der Waals surface area contributed by atoms with Crippen molar-refractivity contribution in [3.8, 4) is 0 Å². The Kier molecular flexibility index (Phi) is 7.53. The molecule has 0 fully saturated rings.